The highest BCUT2D eigenvalue weighted by Gasteiger charge is 2.53. The van der Waals surface area contributed by atoms with Crippen molar-refractivity contribution < 1.29 is 48.3 Å². The topological polar surface area (TPSA) is 162 Å². The second-order valence-corrected chi connectivity index (χ2v) is 13.7. The van der Waals surface area contributed by atoms with Gasteiger partial charge in [-0.1, -0.05) is 22.8 Å². The molecule has 1 fully saturated rings. The van der Waals surface area contributed by atoms with Crippen molar-refractivity contribution in [3.63, 3.8) is 0 Å². The zero-order valence-corrected chi connectivity index (χ0v) is 29.6. The van der Waals surface area contributed by atoms with Gasteiger partial charge in [0.1, 0.15) is 28.9 Å². The van der Waals surface area contributed by atoms with Crippen LogP contribution in [0.25, 0.3) is 11.0 Å². The number of methoxy groups -OCH3 is 1. The molecule has 1 saturated heterocycles. The van der Waals surface area contributed by atoms with Gasteiger partial charge in [-0.25, -0.2) is 9.59 Å². The monoisotopic (exact) mass is 688 g/mol. The summed E-state index contributed by atoms with van der Waals surface area (Å²) in [7, 11) is 1.44. The van der Waals surface area contributed by atoms with Gasteiger partial charge in [-0.3, -0.25) is 4.79 Å². The highest BCUT2D eigenvalue weighted by atomic mass is 16.7. The number of phenolic OH excluding ortho intramolecular Hbond substituents is 1. The van der Waals surface area contributed by atoms with E-state index in [4.69, 9.17) is 23.4 Å². The Kier molecular flexibility index (Phi) is 10.4. The Morgan fingerprint density at radius 1 is 1.08 bits per heavy atom. The minimum absolute atomic E-state index is 0.0172. The molecule has 11 nitrogen and oxygen atoms in total. The predicted molar refractivity (Wildman–Crippen MR) is 185 cm³/mol. The largest absolute Gasteiger partial charge is 0.508 e. The third kappa shape index (κ3) is 7.26. The van der Waals surface area contributed by atoms with E-state index in [-0.39, 0.29) is 33.6 Å². The Bertz CT molecular complexity index is 1990. The van der Waals surface area contributed by atoms with Crippen molar-refractivity contribution in [2.75, 3.05) is 7.11 Å². The number of hydrogen-bond acceptors (Lipinski definition) is 11. The van der Waals surface area contributed by atoms with Crippen molar-refractivity contribution in [3.8, 4) is 17.2 Å². The molecule has 0 bridgehead atoms. The molecule has 0 spiro atoms. The average molecular weight is 689 g/mol. The lowest BCUT2D eigenvalue weighted by atomic mass is 9.89. The molecule has 0 unspecified atom stereocenters. The summed E-state index contributed by atoms with van der Waals surface area (Å²) in [6.07, 6.45) is -0.648. The number of aromatic hydroxyl groups is 2. The van der Waals surface area contributed by atoms with Gasteiger partial charge in [0.15, 0.2) is 18.0 Å². The van der Waals surface area contributed by atoms with Gasteiger partial charge in [-0.2, -0.15) is 0 Å². The Hall–Kier alpha value is -4.71. The number of carbonyl (C=O) groups excluding carboxylic acids is 2. The standard InChI is InChI=1S/C39H44O11/c1-19(2)9-10-23-17-24(11-13-28(23)40)29(41)18-27-31(42)26-12-14-30(22(5)33(26)48-37(27)45)47-38-32(43)34(35(46-8)39(6,7)50-38)49-36(44)25-15-20(3)21(4)16-25/h9,11-15,17,32,34-35,38,40,42-43H,10,16,18H2,1-8H3/t32-,34+,35-,38-/m1/s1. The van der Waals surface area contributed by atoms with Crippen molar-refractivity contribution in [3.05, 3.63) is 97.5 Å². The van der Waals surface area contributed by atoms with Gasteiger partial charge in [0.2, 0.25) is 6.29 Å². The minimum atomic E-state index is -1.47. The number of aliphatic hydroxyl groups is 1. The maximum Gasteiger partial charge on any atom is 0.343 e. The van der Waals surface area contributed by atoms with Crippen LogP contribution in [0.1, 0.15) is 75.0 Å². The SMILES string of the molecule is CO[C@@H]1[C@@H](OC(=O)C2=CC(C)=C(C)C2)[C@@H](O)[C@H](Oc2ccc3c(O)c(CC(=O)c4ccc(O)c(CC=C(C)C)c4)c(=O)oc3c2C)OC1(C)C. The molecular formula is C39H44O11. The normalized spacial score (nSPS) is 21.6. The smallest absolute Gasteiger partial charge is 0.343 e. The molecule has 0 saturated carbocycles. The number of aryl methyl sites for hydroxylation is 1. The first-order chi connectivity index (χ1) is 23.5. The number of allylic oxidation sites excluding steroid dienone is 5. The number of ketones is 1. The van der Waals surface area contributed by atoms with Gasteiger partial charge in [0.25, 0.3) is 0 Å². The van der Waals surface area contributed by atoms with Crippen molar-refractivity contribution in [2.24, 2.45) is 0 Å². The zero-order chi connectivity index (χ0) is 36.7. The summed E-state index contributed by atoms with van der Waals surface area (Å²) in [5.74, 6) is -1.20. The van der Waals surface area contributed by atoms with E-state index in [1.165, 1.54) is 31.4 Å². The van der Waals surface area contributed by atoms with E-state index in [1.807, 2.05) is 33.8 Å². The summed E-state index contributed by atoms with van der Waals surface area (Å²) in [5, 5.41) is 33.0. The maximum absolute atomic E-state index is 13.2. The first-order valence-electron chi connectivity index (χ1n) is 16.4. The number of ether oxygens (including phenoxy) is 4. The molecule has 2 aliphatic rings. The van der Waals surface area contributed by atoms with Crippen molar-refractivity contribution >= 4 is 22.7 Å². The number of phenols is 1. The van der Waals surface area contributed by atoms with Crippen LogP contribution >= 0.6 is 0 Å². The molecule has 5 rings (SSSR count). The molecule has 11 heteroatoms. The number of Topliss-reactive ketones (excluding diaryl/α,β-unsaturated/α-hetero) is 1. The fraction of sp³-hybridized carbons (Fsp3) is 0.410. The van der Waals surface area contributed by atoms with Gasteiger partial charge in [-0.05, 0) is 96.9 Å². The summed E-state index contributed by atoms with van der Waals surface area (Å²) in [6, 6.07) is 7.45. The van der Waals surface area contributed by atoms with E-state index in [0.29, 0.717) is 29.5 Å². The van der Waals surface area contributed by atoms with Crippen LogP contribution in [-0.2, 0) is 31.8 Å². The lowest BCUT2D eigenvalue weighted by Gasteiger charge is -2.47. The molecule has 0 radical (unpaired) electrons. The number of rotatable bonds is 10. The molecule has 2 aromatic carbocycles. The van der Waals surface area contributed by atoms with E-state index in [2.05, 4.69) is 0 Å². The summed E-state index contributed by atoms with van der Waals surface area (Å²) < 4.78 is 29.3. The molecule has 50 heavy (non-hydrogen) atoms. The second kappa shape index (κ2) is 14.3. The van der Waals surface area contributed by atoms with E-state index < -0.39 is 59.8 Å². The molecule has 0 amide bonds. The van der Waals surface area contributed by atoms with Crippen molar-refractivity contribution in [1.29, 1.82) is 0 Å². The van der Waals surface area contributed by atoms with E-state index in [1.54, 1.807) is 32.9 Å². The molecular weight excluding hydrogens is 644 g/mol. The second-order valence-electron chi connectivity index (χ2n) is 13.7. The number of benzene rings is 2. The fourth-order valence-electron chi connectivity index (χ4n) is 6.31. The first kappa shape index (κ1) is 36.6. The summed E-state index contributed by atoms with van der Waals surface area (Å²) in [5.41, 5.74) is 2.54. The predicted octanol–water partition coefficient (Wildman–Crippen LogP) is 5.91. The van der Waals surface area contributed by atoms with Crippen LogP contribution in [0.2, 0.25) is 0 Å². The molecule has 1 aliphatic carbocycles. The number of hydrogen-bond donors (Lipinski definition) is 3. The van der Waals surface area contributed by atoms with Crippen LogP contribution in [-0.4, -0.2) is 64.4 Å². The maximum atomic E-state index is 13.2. The van der Waals surface area contributed by atoms with Gasteiger partial charge in [0.05, 0.1) is 16.6 Å². The molecule has 4 atom stereocenters. The third-order valence-electron chi connectivity index (χ3n) is 9.35. The highest BCUT2D eigenvalue weighted by Crippen LogP contribution is 2.38. The summed E-state index contributed by atoms with van der Waals surface area (Å²) >= 11 is 0. The molecule has 3 aromatic rings. The molecule has 1 aliphatic heterocycles. The highest BCUT2D eigenvalue weighted by molar-refractivity contribution is 5.99. The van der Waals surface area contributed by atoms with E-state index >= 15 is 0 Å². The van der Waals surface area contributed by atoms with Crippen LogP contribution in [0.3, 0.4) is 0 Å². The lowest BCUT2D eigenvalue weighted by molar-refractivity contribution is -0.307. The Morgan fingerprint density at radius 3 is 2.44 bits per heavy atom. The molecule has 266 valence electrons. The van der Waals surface area contributed by atoms with Crippen LogP contribution in [0.5, 0.6) is 17.2 Å². The van der Waals surface area contributed by atoms with Crippen molar-refractivity contribution in [2.45, 2.75) is 97.9 Å². The molecule has 1 aromatic heterocycles. The molecule has 2 heterocycles. The van der Waals surface area contributed by atoms with Crippen LogP contribution in [0, 0.1) is 6.92 Å². The number of carbonyl (C=O) groups is 2. The van der Waals surface area contributed by atoms with E-state index in [9.17, 15) is 29.7 Å². The average Bonchev–Trinajstić information content (AvgIpc) is 3.39. The first-order valence-corrected chi connectivity index (χ1v) is 16.4. The van der Waals surface area contributed by atoms with Crippen LogP contribution in [0.15, 0.2) is 74.0 Å². The Balaban J connectivity index is 1.39. The lowest BCUT2D eigenvalue weighted by Crippen LogP contribution is -2.65. The Morgan fingerprint density at radius 2 is 1.80 bits per heavy atom. The third-order valence-corrected chi connectivity index (χ3v) is 9.35. The van der Waals surface area contributed by atoms with E-state index in [0.717, 1.165) is 16.7 Å². The van der Waals surface area contributed by atoms with Gasteiger partial charge in [0, 0.05) is 36.7 Å². The zero-order valence-electron chi connectivity index (χ0n) is 29.6. The number of aliphatic hydroxyl groups excluding tert-OH is 1. The van der Waals surface area contributed by atoms with Gasteiger partial charge in [-0.15, -0.1) is 0 Å². The number of esters is 1. The van der Waals surface area contributed by atoms with Gasteiger partial charge >= 0.3 is 11.6 Å². The van der Waals surface area contributed by atoms with Crippen molar-refractivity contribution in [1.82, 2.24) is 0 Å². The quantitative estimate of drug-likeness (QED) is 0.100. The fourth-order valence-corrected chi connectivity index (χ4v) is 6.31. The van der Waals surface area contributed by atoms with Gasteiger partial charge < -0.3 is 38.7 Å². The molecule has 3 N–H and O–H groups in total. The van der Waals surface area contributed by atoms with Crippen LogP contribution in [0.4, 0.5) is 0 Å². The summed E-state index contributed by atoms with van der Waals surface area (Å²) in [4.78, 5) is 39.5. The summed E-state index contributed by atoms with van der Waals surface area (Å²) in [6.45, 7) is 12.8. The van der Waals surface area contributed by atoms with Crippen LogP contribution < -0.4 is 10.4 Å². The Labute approximate surface area is 290 Å². The number of fused-ring (bicyclic) bond motifs is 1. The minimum Gasteiger partial charge on any atom is -0.508 e.